The van der Waals surface area contributed by atoms with Crippen LogP contribution in [0.2, 0.25) is 0 Å². The third-order valence-corrected chi connectivity index (χ3v) is 3.43. The first-order valence-electron chi connectivity index (χ1n) is 6.87. The van der Waals surface area contributed by atoms with Crippen LogP contribution in [0.25, 0.3) is 0 Å². The molecular formula is C14H25FN2O2. The molecule has 0 radical (unpaired) electrons. The number of hydrogen-bond acceptors (Lipinski definition) is 2. The lowest BCUT2D eigenvalue weighted by molar-refractivity contribution is -0.155. The van der Waals surface area contributed by atoms with E-state index in [-0.39, 0.29) is 29.6 Å². The summed E-state index contributed by atoms with van der Waals surface area (Å²) < 4.78 is 12.4. The van der Waals surface area contributed by atoms with Gasteiger partial charge in [-0.15, -0.1) is 0 Å². The minimum Gasteiger partial charge on any atom is -0.342 e. The van der Waals surface area contributed by atoms with Crippen molar-refractivity contribution in [3.63, 3.8) is 0 Å². The lowest BCUT2D eigenvalue weighted by Gasteiger charge is -2.45. The standard InChI is InChI=1S/C14H25FN2O2/c1-9(2)10-13(19)17(8-6-7-15)11(12(18)16-10)14(3,4)5/h9-11H,6-8H2,1-5H3,(H,16,18). The Hall–Kier alpha value is -1.13. The average Bonchev–Trinajstić information content (AvgIpc) is 2.27. The van der Waals surface area contributed by atoms with Gasteiger partial charge in [-0.25, -0.2) is 0 Å². The molecule has 1 saturated heterocycles. The fourth-order valence-electron chi connectivity index (χ4n) is 2.52. The number of piperazine rings is 1. The summed E-state index contributed by atoms with van der Waals surface area (Å²) in [5, 5.41) is 2.80. The summed E-state index contributed by atoms with van der Waals surface area (Å²) >= 11 is 0. The molecule has 0 bridgehead atoms. The number of halogens is 1. The van der Waals surface area contributed by atoms with Crippen molar-refractivity contribution in [2.75, 3.05) is 13.2 Å². The summed E-state index contributed by atoms with van der Waals surface area (Å²) in [5.74, 6) is -0.196. The summed E-state index contributed by atoms with van der Waals surface area (Å²) in [6, 6.07) is -1.02. The van der Waals surface area contributed by atoms with Crippen molar-refractivity contribution in [3.8, 4) is 0 Å². The lowest BCUT2D eigenvalue weighted by Crippen LogP contribution is -2.67. The summed E-state index contributed by atoms with van der Waals surface area (Å²) in [5.41, 5.74) is -0.363. The van der Waals surface area contributed by atoms with Gasteiger partial charge >= 0.3 is 0 Å². The highest BCUT2D eigenvalue weighted by Crippen LogP contribution is 2.29. The van der Waals surface area contributed by atoms with Crippen molar-refractivity contribution in [2.45, 2.75) is 53.1 Å². The van der Waals surface area contributed by atoms with Gasteiger partial charge in [-0.1, -0.05) is 34.6 Å². The molecule has 0 aliphatic carbocycles. The largest absolute Gasteiger partial charge is 0.342 e. The second-order valence-electron chi connectivity index (χ2n) is 6.57. The van der Waals surface area contributed by atoms with Crippen LogP contribution >= 0.6 is 0 Å². The van der Waals surface area contributed by atoms with Gasteiger partial charge in [0.1, 0.15) is 12.1 Å². The van der Waals surface area contributed by atoms with Gasteiger partial charge in [0.25, 0.3) is 0 Å². The number of hydrogen-bond donors (Lipinski definition) is 1. The van der Waals surface area contributed by atoms with Gasteiger partial charge in [0.2, 0.25) is 11.8 Å². The average molecular weight is 272 g/mol. The van der Waals surface area contributed by atoms with Crippen LogP contribution in [0.15, 0.2) is 0 Å². The fraction of sp³-hybridized carbons (Fsp3) is 0.857. The van der Waals surface area contributed by atoms with E-state index < -0.39 is 18.8 Å². The Labute approximate surface area is 114 Å². The maximum atomic E-state index is 12.5. The summed E-state index contributed by atoms with van der Waals surface area (Å²) in [7, 11) is 0. The molecule has 19 heavy (non-hydrogen) atoms. The van der Waals surface area contributed by atoms with E-state index >= 15 is 0 Å². The van der Waals surface area contributed by atoms with Crippen LogP contribution in [0.1, 0.15) is 41.0 Å². The zero-order valence-corrected chi connectivity index (χ0v) is 12.5. The van der Waals surface area contributed by atoms with E-state index in [1.807, 2.05) is 34.6 Å². The molecule has 110 valence electrons. The normalized spacial score (nSPS) is 24.9. The van der Waals surface area contributed by atoms with Crippen LogP contribution in [0.4, 0.5) is 4.39 Å². The highest BCUT2D eigenvalue weighted by atomic mass is 19.1. The van der Waals surface area contributed by atoms with Crippen LogP contribution in [-0.2, 0) is 9.59 Å². The first-order chi connectivity index (χ1) is 8.70. The van der Waals surface area contributed by atoms with Gasteiger partial charge < -0.3 is 10.2 Å². The number of amides is 2. The number of alkyl halides is 1. The minimum atomic E-state index is -0.526. The fourth-order valence-corrected chi connectivity index (χ4v) is 2.52. The maximum absolute atomic E-state index is 12.5. The second-order valence-corrected chi connectivity index (χ2v) is 6.57. The van der Waals surface area contributed by atoms with Gasteiger partial charge in [-0.3, -0.25) is 14.0 Å². The van der Waals surface area contributed by atoms with E-state index in [2.05, 4.69) is 5.32 Å². The van der Waals surface area contributed by atoms with Gasteiger partial charge in [0.15, 0.2) is 0 Å². The molecule has 1 fully saturated rings. The molecule has 2 amide bonds. The molecule has 1 heterocycles. The third kappa shape index (κ3) is 3.45. The monoisotopic (exact) mass is 272 g/mol. The Morgan fingerprint density at radius 1 is 1.32 bits per heavy atom. The molecule has 2 unspecified atom stereocenters. The van der Waals surface area contributed by atoms with Crippen LogP contribution in [0.3, 0.4) is 0 Å². The maximum Gasteiger partial charge on any atom is 0.246 e. The van der Waals surface area contributed by atoms with Gasteiger partial charge in [-0.05, 0) is 17.8 Å². The quantitative estimate of drug-likeness (QED) is 0.847. The van der Waals surface area contributed by atoms with Gasteiger partial charge in [0, 0.05) is 6.54 Å². The summed E-state index contributed by atoms with van der Waals surface area (Å²) in [4.78, 5) is 26.3. The number of carbonyl (C=O) groups is 2. The molecule has 0 aromatic rings. The van der Waals surface area contributed by atoms with Crippen molar-refractivity contribution in [1.82, 2.24) is 10.2 Å². The Morgan fingerprint density at radius 2 is 1.89 bits per heavy atom. The zero-order chi connectivity index (χ0) is 14.8. The van der Waals surface area contributed by atoms with Gasteiger partial charge in [0.05, 0.1) is 6.67 Å². The molecule has 0 aromatic carbocycles. The van der Waals surface area contributed by atoms with Crippen molar-refractivity contribution in [3.05, 3.63) is 0 Å². The Morgan fingerprint density at radius 3 is 2.32 bits per heavy atom. The Bertz CT molecular complexity index is 350. The number of nitrogens with one attached hydrogen (secondary N) is 1. The molecule has 4 nitrogen and oxygen atoms in total. The Kier molecular flexibility index (Phi) is 4.93. The van der Waals surface area contributed by atoms with E-state index in [1.165, 1.54) is 0 Å². The van der Waals surface area contributed by atoms with Crippen molar-refractivity contribution in [1.29, 1.82) is 0 Å². The van der Waals surface area contributed by atoms with E-state index in [4.69, 9.17) is 0 Å². The van der Waals surface area contributed by atoms with Crippen molar-refractivity contribution in [2.24, 2.45) is 11.3 Å². The molecule has 1 N–H and O–H groups in total. The first kappa shape index (κ1) is 15.9. The van der Waals surface area contributed by atoms with E-state index in [0.29, 0.717) is 6.54 Å². The predicted octanol–water partition coefficient (Wildman–Crippen LogP) is 1.74. The third-order valence-electron chi connectivity index (χ3n) is 3.43. The van der Waals surface area contributed by atoms with E-state index in [9.17, 15) is 14.0 Å². The number of carbonyl (C=O) groups excluding carboxylic acids is 2. The van der Waals surface area contributed by atoms with Crippen LogP contribution in [0, 0.1) is 11.3 Å². The summed E-state index contributed by atoms with van der Waals surface area (Å²) in [6.45, 7) is 9.37. The highest BCUT2D eigenvalue weighted by molar-refractivity contribution is 5.97. The minimum absolute atomic E-state index is 0.0326. The molecule has 0 spiro atoms. The zero-order valence-electron chi connectivity index (χ0n) is 12.5. The van der Waals surface area contributed by atoms with Crippen LogP contribution in [0.5, 0.6) is 0 Å². The van der Waals surface area contributed by atoms with Crippen molar-refractivity contribution >= 4 is 11.8 Å². The SMILES string of the molecule is CC(C)C1NC(=O)C(C(C)(C)C)N(CCCF)C1=O. The summed E-state index contributed by atoms with van der Waals surface area (Å²) in [6.07, 6.45) is 0.274. The van der Waals surface area contributed by atoms with Crippen LogP contribution in [-0.4, -0.2) is 42.0 Å². The first-order valence-corrected chi connectivity index (χ1v) is 6.87. The molecule has 2 atom stereocenters. The van der Waals surface area contributed by atoms with E-state index in [1.54, 1.807) is 4.90 Å². The Balaban J connectivity index is 3.04. The van der Waals surface area contributed by atoms with Gasteiger partial charge in [-0.2, -0.15) is 0 Å². The number of rotatable bonds is 4. The smallest absolute Gasteiger partial charge is 0.246 e. The second kappa shape index (κ2) is 5.88. The lowest BCUT2D eigenvalue weighted by atomic mass is 9.82. The molecule has 0 aromatic heterocycles. The number of nitrogens with zero attached hydrogens (tertiary/aromatic N) is 1. The highest BCUT2D eigenvalue weighted by Gasteiger charge is 2.46. The van der Waals surface area contributed by atoms with Crippen molar-refractivity contribution < 1.29 is 14.0 Å². The predicted molar refractivity (Wildman–Crippen MR) is 72.3 cm³/mol. The molecule has 1 aliphatic heterocycles. The van der Waals surface area contributed by atoms with Crippen LogP contribution < -0.4 is 5.32 Å². The molecule has 0 saturated carbocycles. The molecule has 5 heteroatoms. The topological polar surface area (TPSA) is 49.4 Å². The molecule has 1 rings (SSSR count). The molecular weight excluding hydrogens is 247 g/mol. The van der Waals surface area contributed by atoms with E-state index in [0.717, 1.165) is 0 Å². The molecule has 1 aliphatic rings.